The average molecular weight is 284 g/mol. The second-order valence-electron chi connectivity index (χ2n) is 6.82. The molecule has 118 valence electrons. The van der Waals surface area contributed by atoms with E-state index in [1.165, 1.54) is 25.7 Å². The summed E-state index contributed by atoms with van der Waals surface area (Å²) in [4.78, 5) is 2.57. The minimum absolute atomic E-state index is 0.388. The van der Waals surface area contributed by atoms with Crippen molar-refractivity contribution >= 4 is 0 Å². The molecule has 0 bridgehead atoms. The molecule has 2 rings (SSSR count). The van der Waals surface area contributed by atoms with Gasteiger partial charge >= 0.3 is 0 Å². The van der Waals surface area contributed by atoms with Crippen LogP contribution in [0.1, 0.15) is 39.5 Å². The number of nitrogens with one attached hydrogen (secondary N) is 1. The second-order valence-corrected chi connectivity index (χ2v) is 6.82. The van der Waals surface area contributed by atoms with Gasteiger partial charge in [-0.3, -0.25) is 4.90 Å². The van der Waals surface area contributed by atoms with Crippen molar-refractivity contribution in [3.63, 3.8) is 0 Å². The molecule has 0 spiro atoms. The SMILES string of the molecule is COCCN(CC1(CNC2CC2)CCOCC1)C(C)C. The van der Waals surface area contributed by atoms with Crippen LogP contribution in [0.25, 0.3) is 0 Å². The van der Waals surface area contributed by atoms with Gasteiger partial charge in [0.1, 0.15) is 0 Å². The van der Waals surface area contributed by atoms with Crippen molar-refractivity contribution in [3.8, 4) is 0 Å². The normalized spacial score (nSPS) is 22.6. The summed E-state index contributed by atoms with van der Waals surface area (Å²) in [7, 11) is 1.79. The predicted octanol–water partition coefficient (Wildman–Crippen LogP) is 1.89. The topological polar surface area (TPSA) is 33.7 Å². The Morgan fingerprint density at radius 2 is 2.00 bits per heavy atom. The van der Waals surface area contributed by atoms with E-state index in [0.717, 1.165) is 45.5 Å². The fourth-order valence-corrected chi connectivity index (χ4v) is 3.00. The maximum Gasteiger partial charge on any atom is 0.0589 e. The van der Waals surface area contributed by atoms with Crippen LogP contribution in [0.5, 0.6) is 0 Å². The van der Waals surface area contributed by atoms with Crippen molar-refractivity contribution < 1.29 is 9.47 Å². The molecule has 2 aliphatic rings. The lowest BCUT2D eigenvalue weighted by Crippen LogP contribution is -2.50. The highest BCUT2D eigenvalue weighted by molar-refractivity contribution is 4.91. The van der Waals surface area contributed by atoms with E-state index in [2.05, 4.69) is 24.1 Å². The Morgan fingerprint density at radius 3 is 2.55 bits per heavy atom. The van der Waals surface area contributed by atoms with E-state index in [9.17, 15) is 0 Å². The van der Waals surface area contributed by atoms with E-state index in [-0.39, 0.29) is 0 Å². The van der Waals surface area contributed by atoms with Crippen molar-refractivity contribution in [2.24, 2.45) is 5.41 Å². The van der Waals surface area contributed by atoms with Crippen LogP contribution in [-0.2, 0) is 9.47 Å². The van der Waals surface area contributed by atoms with E-state index in [0.29, 0.717) is 11.5 Å². The van der Waals surface area contributed by atoms with Crippen LogP contribution in [-0.4, -0.2) is 63.5 Å². The minimum atomic E-state index is 0.388. The Labute approximate surface area is 124 Å². The van der Waals surface area contributed by atoms with E-state index in [4.69, 9.17) is 9.47 Å². The van der Waals surface area contributed by atoms with Crippen molar-refractivity contribution in [2.45, 2.75) is 51.6 Å². The van der Waals surface area contributed by atoms with Gasteiger partial charge in [0.15, 0.2) is 0 Å². The van der Waals surface area contributed by atoms with E-state index in [1.54, 1.807) is 7.11 Å². The van der Waals surface area contributed by atoms with Gasteiger partial charge in [-0.25, -0.2) is 0 Å². The molecular weight excluding hydrogens is 252 g/mol. The van der Waals surface area contributed by atoms with Crippen LogP contribution in [0, 0.1) is 5.41 Å². The lowest BCUT2D eigenvalue weighted by Gasteiger charge is -2.42. The Bertz CT molecular complexity index is 274. The zero-order valence-electron chi connectivity index (χ0n) is 13.5. The summed E-state index contributed by atoms with van der Waals surface area (Å²) >= 11 is 0. The molecule has 4 nitrogen and oxygen atoms in total. The van der Waals surface area contributed by atoms with Crippen molar-refractivity contribution in [3.05, 3.63) is 0 Å². The number of ether oxygens (including phenoxy) is 2. The monoisotopic (exact) mass is 284 g/mol. The van der Waals surface area contributed by atoms with E-state index >= 15 is 0 Å². The smallest absolute Gasteiger partial charge is 0.0589 e. The van der Waals surface area contributed by atoms with Gasteiger partial charge in [-0.15, -0.1) is 0 Å². The lowest BCUT2D eigenvalue weighted by atomic mass is 9.79. The zero-order valence-corrected chi connectivity index (χ0v) is 13.5. The Balaban J connectivity index is 1.92. The molecular formula is C16H32N2O2. The maximum atomic E-state index is 5.60. The number of hydrogen-bond donors (Lipinski definition) is 1. The molecule has 1 heterocycles. The predicted molar refractivity (Wildman–Crippen MR) is 82.1 cm³/mol. The maximum absolute atomic E-state index is 5.60. The van der Waals surface area contributed by atoms with Crippen LogP contribution in [0.4, 0.5) is 0 Å². The molecule has 20 heavy (non-hydrogen) atoms. The van der Waals surface area contributed by atoms with Gasteiger partial charge in [0, 0.05) is 52.0 Å². The van der Waals surface area contributed by atoms with Gasteiger partial charge < -0.3 is 14.8 Å². The number of nitrogens with zero attached hydrogens (tertiary/aromatic N) is 1. The van der Waals surface area contributed by atoms with Crippen LogP contribution >= 0.6 is 0 Å². The molecule has 0 radical (unpaired) electrons. The van der Waals surface area contributed by atoms with Crippen LogP contribution in [0.15, 0.2) is 0 Å². The second kappa shape index (κ2) is 7.74. The van der Waals surface area contributed by atoms with Crippen LogP contribution < -0.4 is 5.32 Å². The third kappa shape index (κ3) is 4.99. The van der Waals surface area contributed by atoms with Gasteiger partial charge in [0.25, 0.3) is 0 Å². The summed E-state index contributed by atoms with van der Waals surface area (Å²) in [6.45, 7) is 10.6. The summed E-state index contributed by atoms with van der Waals surface area (Å²) in [5.74, 6) is 0. The number of rotatable bonds is 9. The van der Waals surface area contributed by atoms with Gasteiger partial charge in [0.05, 0.1) is 6.61 Å². The first-order valence-electron chi connectivity index (χ1n) is 8.19. The summed E-state index contributed by atoms with van der Waals surface area (Å²) in [6.07, 6.45) is 5.10. The van der Waals surface area contributed by atoms with E-state index < -0.39 is 0 Å². The molecule has 0 unspecified atom stereocenters. The Hall–Kier alpha value is -0.160. The number of hydrogen-bond acceptors (Lipinski definition) is 4. The first kappa shape index (κ1) is 16.2. The fourth-order valence-electron chi connectivity index (χ4n) is 3.00. The standard InChI is InChI=1S/C16H32N2O2/c1-14(2)18(8-11-19-3)13-16(6-9-20-10-7-16)12-17-15-4-5-15/h14-15,17H,4-13H2,1-3H3. The zero-order chi connectivity index (χ0) is 14.4. The molecule has 0 amide bonds. The first-order valence-corrected chi connectivity index (χ1v) is 8.19. The summed E-state index contributed by atoms with van der Waals surface area (Å²) in [5, 5.41) is 3.75. The molecule has 1 saturated heterocycles. The largest absolute Gasteiger partial charge is 0.383 e. The molecule has 0 aromatic heterocycles. The van der Waals surface area contributed by atoms with Crippen LogP contribution in [0.2, 0.25) is 0 Å². The van der Waals surface area contributed by atoms with Crippen molar-refractivity contribution in [2.75, 3.05) is 46.6 Å². The summed E-state index contributed by atoms with van der Waals surface area (Å²) < 4.78 is 10.9. The van der Waals surface area contributed by atoms with E-state index in [1.807, 2.05) is 0 Å². The summed E-state index contributed by atoms with van der Waals surface area (Å²) in [6, 6.07) is 1.37. The highest BCUT2D eigenvalue weighted by atomic mass is 16.5. The van der Waals surface area contributed by atoms with Gasteiger partial charge in [0.2, 0.25) is 0 Å². The van der Waals surface area contributed by atoms with Crippen molar-refractivity contribution in [1.82, 2.24) is 10.2 Å². The molecule has 0 aromatic rings. The first-order chi connectivity index (χ1) is 9.65. The molecule has 0 atom stereocenters. The Morgan fingerprint density at radius 1 is 1.30 bits per heavy atom. The van der Waals surface area contributed by atoms with Gasteiger partial charge in [-0.2, -0.15) is 0 Å². The average Bonchev–Trinajstić information content (AvgIpc) is 3.26. The molecule has 1 saturated carbocycles. The highest BCUT2D eigenvalue weighted by Gasteiger charge is 2.36. The molecule has 0 aromatic carbocycles. The third-order valence-electron chi connectivity index (χ3n) is 4.75. The highest BCUT2D eigenvalue weighted by Crippen LogP contribution is 2.33. The summed E-state index contributed by atoms with van der Waals surface area (Å²) in [5.41, 5.74) is 0.388. The van der Waals surface area contributed by atoms with Gasteiger partial charge in [-0.05, 0) is 44.9 Å². The van der Waals surface area contributed by atoms with Crippen molar-refractivity contribution in [1.29, 1.82) is 0 Å². The molecule has 1 aliphatic carbocycles. The minimum Gasteiger partial charge on any atom is -0.383 e. The fraction of sp³-hybridized carbons (Fsp3) is 1.00. The quantitative estimate of drug-likeness (QED) is 0.701. The Kier molecular flexibility index (Phi) is 6.27. The third-order valence-corrected chi connectivity index (χ3v) is 4.75. The van der Waals surface area contributed by atoms with Gasteiger partial charge in [-0.1, -0.05) is 0 Å². The molecule has 1 aliphatic heterocycles. The molecule has 4 heteroatoms. The number of methoxy groups -OCH3 is 1. The molecule has 1 N–H and O–H groups in total. The molecule has 2 fully saturated rings. The lowest BCUT2D eigenvalue weighted by molar-refractivity contribution is -0.0136. The van der Waals surface area contributed by atoms with Crippen LogP contribution in [0.3, 0.4) is 0 Å².